The molecular formula is C11H19N3. The van der Waals surface area contributed by atoms with Crippen LogP contribution in [0.2, 0.25) is 0 Å². The lowest BCUT2D eigenvalue weighted by Gasteiger charge is -2.36. The van der Waals surface area contributed by atoms with Gasteiger partial charge < -0.3 is 4.90 Å². The van der Waals surface area contributed by atoms with Gasteiger partial charge in [-0.2, -0.15) is 5.10 Å². The highest BCUT2D eigenvalue weighted by Gasteiger charge is 2.28. The average Bonchev–Trinajstić information content (AvgIpc) is 2.41. The van der Waals surface area contributed by atoms with E-state index in [1.165, 1.54) is 18.8 Å². The molecule has 78 valence electrons. The van der Waals surface area contributed by atoms with Gasteiger partial charge in [0, 0.05) is 30.7 Å². The number of rotatable bonds is 2. The van der Waals surface area contributed by atoms with Crippen molar-refractivity contribution in [3.8, 4) is 0 Å². The van der Waals surface area contributed by atoms with Crippen molar-refractivity contribution in [3.63, 3.8) is 0 Å². The first kappa shape index (κ1) is 9.71. The van der Waals surface area contributed by atoms with Gasteiger partial charge in [-0.25, -0.2) is 0 Å². The first-order valence-corrected chi connectivity index (χ1v) is 5.32. The molecule has 1 aliphatic heterocycles. The van der Waals surface area contributed by atoms with Gasteiger partial charge in [-0.1, -0.05) is 0 Å². The van der Waals surface area contributed by atoms with Crippen molar-refractivity contribution in [2.75, 3.05) is 20.1 Å². The van der Waals surface area contributed by atoms with Crippen molar-refractivity contribution in [3.05, 3.63) is 17.5 Å². The SMILES string of the molecule is Cc1cc(C2CN(C)C2)n(C(C)C)n1. The van der Waals surface area contributed by atoms with Crippen LogP contribution in [0.3, 0.4) is 0 Å². The normalized spacial score (nSPS) is 18.9. The average molecular weight is 193 g/mol. The lowest BCUT2D eigenvalue weighted by atomic mass is 9.96. The fourth-order valence-corrected chi connectivity index (χ4v) is 2.14. The Morgan fingerprint density at radius 3 is 2.57 bits per heavy atom. The number of hydrogen-bond donors (Lipinski definition) is 0. The predicted molar refractivity (Wildman–Crippen MR) is 57.6 cm³/mol. The number of aromatic nitrogens is 2. The second-order valence-electron chi connectivity index (χ2n) is 4.67. The summed E-state index contributed by atoms with van der Waals surface area (Å²) in [5.74, 6) is 0.698. The number of likely N-dealkylation sites (tertiary alicyclic amines) is 1. The van der Waals surface area contributed by atoms with Crippen molar-refractivity contribution in [2.45, 2.75) is 32.7 Å². The highest BCUT2D eigenvalue weighted by atomic mass is 15.3. The molecule has 0 saturated carbocycles. The highest BCUT2D eigenvalue weighted by Crippen LogP contribution is 2.27. The Kier molecular flexibility index (Phi) is 2.35. The fourth-order valence-electron chi connectivity index (χ4n) is 2.14. The van der Waals surface area contributed by atoms with E-state index < -0.39 is 0 Å². The number of aryl methyl sites for hydroxylation is 1. The zero-order valence-corrected chi connectivity index (χ0v) is 9.49. The minimum Gasteiger partial charge on any atom is -0.305 e. The molecule has 0 amide bonds. The third-order valence-electron chi connectivity index (χ3n) is 2.86. The van der Waals surface area contributed by atoms with Gasteiger partial charge in [0.05, 0.1) is 5.69 Å². The predicted octanol–water partition coefficient (Wildman–Crippen LogP) is 1.80. The van der Waals surface area contributed by atoms with E-state index in [0.29, 0.717) is 12.0 Å². The molecule has 2 heterocycles. The molecule has 14 heavy (non-hydrogen) atoms. The molecule has 1 aromatic rings. The molecule has 3 heteroatoms. The quantitative estimate of drug-likeness (QED) is 0.714. The van der Waals surface area contributed by atoms with Crippen LogP contribution >= 0.6 is 0 Å². The fraction of sp³-hybridized carbons (Fsp3) is 0.727. The Bertz CT molecular complexity index is 321. The van der Waals surface area contributed by atoms with Crippen molar-refractivity contribution < 1.29 is 0 Å². The second kappa shape index (κ2) is 3.39. The Hall–Kier alpha value is -0.830. The molecular weight excluding hydrogens is 174 g/mol. The summed E-state index contributed by atoms with van der Waals surface area (Å²) in [4.78, 5) is 2.34. The Labute approximate surface area is 85.7 Å². The smallest absolute Gasteiger partial charge is 0.0596 e. The van der Waals surface area contributed by atoms with Crippen molar-refractivity contribution in [1.82, 2.24) is 14.7 Å². The molecule has 1 aromatic heterocycles. The maximum atomic E-state index is 4.54. The lowest BCUT2D eigenvalue weighted by molar-refractivity contribution is 0.181. The summed E-state index contributed by atoms with van der Waals surface area (Å²) in [6.45, 7) is 8.82. The van der Waals surface area contributed by atoms with E-state index in [1.807, 2.05) is 0 Å². The van der Waals surface area contributed by atoms with Gasteiger partial charge in [-0.05, 0) is 33.9 Å². The molecule has 1 aliphatic rings. The molecule has 2 rings (SSSR count). The minimum absolute atomic E-state index is 0.476. The third kappa shape index (κ3) is 1.57. The summed E-state index contributed by atoms with van der Waals surface area (Å²) in [5.41, 5.74) is 2.55. The van der Waals surface area contributed by atoms with Gasteiger partial charge in [0.1, 0.15) is 0 Å². The van der Waals surface area contributed by atoms with E-state index in [-0.39, 0.29) is 0 Å². The summed E-state index contributed by atoms with van der Waals surface area (Å²) in [5, 5.41) is 4.54. The van der Waals surface area contributed by atoms with Crippen LogP contribution in [0.25, 0.3) is 0 Å². The molecule has 0 aliphatic carbocycles. The molecule has 1 saturated heterocycles. The van der Waals surface area contributed by atoms with E-state index >= 15 is 0 Å². The Balaban J connectivity index is 2.23. The van der Waals surface area contributed by atoms with Gasteiger partial charge in [0.15, 0.2) is 0 Å². The van der Waals surface area contributed by atoms with Crippen molar-refractivity contribution in [1.29, 1.82) is 0 Å². The van der Waals surface area contributed by atoms with Crippen LogP contribution in [0.15, 0.2) is 6.07 Å². The Morgan fingerprint density at radius 1 is 1.43 bits per heavy atom. The van der Waals surface area contributed by atoms with Gasteiger partial charge in [-0.3, -0.25) is 4.68 Å². The molecule has 0 unspecified atom stereocenters. The molecule has 3 nitrogen and oxygen atoms in total. The maximum absolute atomic E-state index is 4.54. The van der Waals surface area contributed by atoms with Gasteiger partial charge >= 0.3 is 0 Å². The lowest BCUT2D eigenvalue weighted by Crippen LogP contribution is -2.42. The molecule has 0 bridgehead atoms. The van der Waals surface area contributed by atoms with Crippen molar-refractivity contribution in [2.24, 2.45) is 0 Å². The van der Waals surface area contributed by atoms with E-state index in [0.717, 1.165) is 5.69 Å². The van der Waals surface area contributed by atoms with Crippen LogP contribution in [0, 0.1) is 6.92 Å². The number of hydrogen-bond acceptors (Lipinski definition) is 2. The third-order valence-corrected chi connectivity index (χ3v) is 2.86. The molecule has 0 atom stereocenters. The topological polar surface area (TPSA) is 21.1 Å². The maximum Gasteiger partial charge on any atom is 0.0596 e. The monoisotopic (exact) mass is 193 g/mol. The largest absolute Gasteiger partial charge is 0.305 e. The second-order valence-corrected chi connectivity index (χ2v) is 4.67. The zero-order chi connectivity index (χ0) is 10.3. The molecule has 1 fully saturated rings. The zero-order valence-electron chi connectivity index (χ0n) is 9.49. The summed E-state index contributed by atoms with van der Waals surface area (Å²) < 4.78 is 2.17. The Morgan fingerprint density at radius 2 is 2.07 bits per heavy atom. The standard InChI is InChI=1S/C11H19N3/c1-8(2)14-11(5-9(3)12-14)10-6-13(4)7-10/h5,8,10H,6-7H2,1-4H3. The summed E-state index contributed by atoms with van der Waals surface area (Å²) in [6, 6.07) is 2.71. The first-order valence-electron chi connectivity index (χ1n) is 5.32. The van der Waals surface area contributed by atoms with E-state index in [9.17, 15) is 0 Å². The van der Waals surface area contributed by atoms with E-state index in [2.05, 4.69) is 48.6 Å². The molecule has 0 N–H and O–H groups in total. The van der Waals surface area contributed by atoms with Crippen molar-refractivity contribution >= 4 is 0 Å². The highest BCUT2D eigenvalue weighted by molar-refractivity contribution is 5.18. The van der Waals surface area contributed by atoms with Crippen LogP contribution in [0.4, 0.5) is 0 Å². The molecule has 0 aromatic carbocycles. The molecule has 0 radical (unpaired) electrons. The number of nitrogens with zero attached hydrogens (tertiary/aromatic N) is 3. The van der Waals surface area contributed by atoms with Crippen LogP contribution in [0.5, 0.6) is 0 Å². The van der Waals surface area contributed by atoms with Crippen LogP contribution in [0.1, 0.15) is 37.2 Å². The summed E-state index contributed by atoms with van der Waals surface area (Å²) in [6.07, 6.45) is 0. The minimum atomic E-state index is 0.476. The van der Waals surface area contributed by atoms with Gasteiger partial charge in [-0.15, -0.1) is 0 Å². The summed E-state index contributed by atoms with van der Waals surface area (Å²) >= 11 is 0. The van der Waals surface area contributed by atoms with E-state index in [4.69, 9.17) is 0 Å². The van der Waals surface area contributed by atoms with Crippen LogP contribution < -0.4 is 0 Å². The van der Waals surface area contributed by atoms with Crippen LogP contribution in [-0.4, -0.2) is 34.8 Å². The molecule has 0 spiro atoms. The number of likely N-dealkylation sites (N-methyl/N-ethyl adjacent to an activating group) is 1. The first-order chi connectivity index (χ1) is 6.58. The van der Waals surface area contributed by atoms with E-state index in [1.54, 1.807) is 0 Å². The van der Waals surface area contributed by atoms with Gasteiger partial charge in [0.25, 0.3) is 0 Å². The summed E-state index contributed by atoms with van der Waals surface area (Å²) in [7, 11) is 2.17. The van der Waals surface area contributed by atoms with Gasteiger partial charge in [0.2, 0.25) is 0 Å². The van der Waals surface area contributed by atoms with Crippen LogP contribution in [-0.2, 0) is 0 Å².